The normalized spacial score (nSPS) is 12.5. The lowest BCUT2D eigenvalue weighted by Crippen LogP contribution is -2.03. The van der Waals surface area contributed by atoms with Gasteiger partial charge < -0.3 is 0 Å². The quantitative estimate of drug-likeness (QED) is 0.439. The summed E-state index contributed by atoms with van der Waals surface area (Å²) in [5, 5.41) is 5.07. The summed E-state index contributed by atoms with van der Waals surface area (Å²) in [4.78, 5) is 0. The van der Waals surface area contributed by atoms with E-state index in [-0.39, 0.29) is 0 Å². The van der Waals surface area contributed by atoms with E-state index in [1.807, 2.05) is 0 Å². The number of hydrogen-bond donors (Lipinski definition) is 0. The number of hydrogen-bond acceptors (Lipinski definition) is 1. The minimum atomic E-state index is 0.990. The van der Waals surface area contributed by atoms with E-state index in [0.29, 0.717) is 0 Å². The summed E-state index contributed by atoms with van der Waals surface area (Å²) < 4.78 is 2.14. The third-order valence-electron chi connectivity index (χ3n) is 5.37. The summed E-state index contributed by atoms with van der Waals surface area (Å²) in [7, 11) is 0. The van der Waals surface area contributed by atoms with Crippen LogP contribution in [-0.2, 0) is 12.8 Å². The highest BCUT2D eigenvalue weighted by Crippen LogP contribution is 2.42. The summed E-state index contributed by atoms with van der Waals surface area (Å²) >= 11 is 0. The summed E-state index contributed by atoms with van der Waals surface area (Å²) in [5.74, 6) is 0. The molecule has 1 aliphatic carbocycles. The molecule has 0 atom stereocenters. The molecule has 0 N–H and O–H groups in total. The van der Waals surface area contributed by atoms with Crippen LogP contribution in [-0.4, -0.2) is 9.78 Å². The molecule has 1 aromatic heterocycles. The zero-order chi connectivity index (χ0) is 18.4. The fourth-order valence-electron chi connectivity index (χ4n) is 4.29. The van der Waals surface area contributed by atoms with Gasteiger partial charge in [0.25, 0.3) is 0 Å². The van der Waals surface area contributed by atoms with Crippen LogP contribution in [0.5, 0.6) is 0 Å². The standard InChI is InChI=1S/C25H22N2/c1-17-14-18(2)16-20(15-17)25-24-22-11-7-6-8-19(22)12-13-23(24)26-27(25)21-9-4-3-5-10-21/h3-11,14-16H,12-13H2,1-2H3. The van der Waals surface area contributed by atoms with Crippen molar-refractivity contribution in [3.8, 4) is 28.1 Å². The Kier molecular flexibility index (Phi) is 3.71. The highest BCUT2D eigenvalue weighted by Gasteiger charge is 2.26. The molecule has 4 aromatic rings. The first-order chi connectivity index (χ1) is 13.2. The molecule has 0 saturated heterocycles. The van der Waals surface area contributed by atoms with Crippen molar-refractivity contribution in [2.75, 3.05) is 0 Å². The van der Waals surface area contributed by atoms with Gasteiger partial charge in [-0.1, -0.05) is 59.7 Å². The van der Waals surface area contributed by atoms with E-state index in [9.17, 15) is 0 Å². The molecule has 3 aromatic carbocycles. The first-order valence-corrected chi connectivity index (χ1v) is 9.55. The number of nitrogens with zero attached hydrogens (tertiary/aromatic N) is 2. The lowest BCUT2D eigenvalue weighted by molar-refractivity contribution is 0.818. The molecule has 5 rings (SSSR count). The molecule has 0 fully saturated rings. The number of rotatable bonds is 2. The van der Waals surface area contributed by atoms with Crippen molar-refractivity contribution in [2.45, 2.75) is 26.7 Å². The number of aryl methyl sites for hydroxylation is 4. The molecule has 1 aliphatic rings. The first kappa shape index (κ1) is 16.1. The van der Waals surface area contributed by atoms with Crippen LogP contribution in [0.3, 0.4) is 0 Å². The molecule has 0 amide bonds. The molecule has 27 heavy (non-hydrogen) atoms. The highest BCUT2D eigenvalue weighted by molar-refractivity contribution is 5.87. The van der Waals surface area contributed by atoms with Gasteiger partial charge in [0.15, 0.2) is 0 Å². The molecule has 0 unspecified atom stereocenters. The highest BCUT2D eigenvalue weighted by atomic mass is 15.3. The Hall–Kier alpha value is -3.13. The van der Waals surface area contributed by atoms with Gasteiger partial charge in [0.05, 0.1) is 17.1 Å². The first-order valence-electron chi connectivity index (χ1n) is 9.55. The van der Waals surface area contributed by atoms with Crippen molar-refractivity contribution < 1.29 is 0 Å². The van der Waals surface area contributed by atoms with E-state index < -0.39 is 0 Å². The second kappa shape index (κ2) is 6.24. The maximum atomic E-state index is 5.07. The largest absolute Gasteiger partial charge is 0.232 e. The Balaban J connectivity index is 1.86. The monoisotopic (exact) mass is 350 g/mol. The molecular weight excluding hydrogens is 328 g/mol. The van der Waals surface area contributed by atoms with Gasteiger partial charge in [0, 0.05) is 11.1 Å². The number of para-hydroxylation sites is 1. The van der Waals surface area contributed by atoms with Gasteiger partial charge in [0.2, 0.25) is 0 Å². The van der Waals surface area contributed by atoms with Crippen molar-refractivity contribution in [3.05, 3.63) is 95.2 Å². The lowest BCUT2D eigenvalue weighted by atomic mass is 9.86. The molecule has 0 radical (unpaired) electrons. The van der Waals surface area contributed by atoms with Crippen LogP contribution in [0.25, 0.3) is 28.1 Å². The van der Waals surface area contributed by atoms with Gasteiger partial charge in [0.1, 0.15) is 0 Å². The Morgan fingerprint density at radius 3 is 2.26 bits per heavy atom. The fourth-order valence-corrected chi connectivity index (χ4v) is 4.29. The summed E-state index contributed by atoms with van der Waals surface area (Å²) in [6.45, 7) is 4.33. The van der Waals surface area contributed by atoms with Crippen molar-refractivity contribution >= 4 is 0 Å². The van der Waals surface area contributed by atoms with Gasteiger partial charge >= 0.3 is 0 Å². The molecule has 0 spiro atoms. The van der Waals surface area contributed by atoms with Gasteiger partial charge in [-0.15, -0.1) is 0 Å². The van der Waals surface area contributed by atoms with Crippen molar-refractivity contribution in [1.29, 1.82) is 0 Å². The van der Waals surface area contributed by atoms with E-state index in [0.717, 1.165) is 18.5 Å². The SMILES string of the molecule is Cc1cc(C)cc(-c2c3c(nn2-c2ccccc2)CCc2ccccc2-3)c1. The topological polar surface area (TPSA) is 17.8 Å². The molecule has 0 bridgehead atoms. The maximum absolute atomic E-state index is 5.07. The van der Waals surface area contributed by atoms with Crippen LogP contribution in [0.2, 0.25) is 0 Å². The maximum Gasteiger partial charge on any atom is 0.0822 e. The second-order valence-electron chi connectivity index (χ2n) is 7.45. The van der Waals surface area contributed by atoms with Crippen molar-refractivity contribution in [1.82, 2.24) is 9.78 Å². The zero-order valence-electron chi connectivity index (χ0n) is 15.7. The lowest BCUT2D eigenvalue weighted by Gasteiger charge is -2.17. The van der Waals surface area contributed by atoms with Gasteiger partial charge in [-0.25, -0.2) is 4.68 Å². The summed E-state index contributed by atoms with van der Waals surface area (Å²) in [6.07, 6.45) is 2.05. The van der Waals surface area contributed by atoms with E-state index in [4.69, 9.17) is 5.10 Å². The summed E-state index contributed by atoms with van der Waals surface area (Å²) in [5.41, 5.74) is 11.4. The van der Waals surface area contributed by atoms with E-state index >= 15 is 0 Å². The van der Waals surface area contributed by atoms with Crippen LogP contribution < -0.4 is 0 Å². The fraction of sp³-hybridized carbons (Fsp3) is 0.160. The molecule has 0 aliphatic heterocycles. The van der Waals surface area contributed by atoms with Crippen LogP contribution in [0, 0.1) is 13.8 Å². The molecule has 1 heterocycles. The van der Waals surface area contributed by atoms with Crippen LogP contribution >= 0.6 is 0 Å². The summed E-state index contributed by atoms with van der Waals surface area (Å²) in [6, 6.07) is 26.0. The third-order valence-corrected chi connectivity index (χ3v) is 5.37. The Bertz CT molecular complexity index is 1120. The van der Waals surface area contributed by atoms with Crippen LogP contribution in [0.1, 0.15) is 22.4 Å². The number of benzene rings is 3. The van der Waals surface area contributed by atoms with Gasteiger partial charge in [-0.2, -0.15) is 5.10 Å². The van der Waals surface area contributed by atoms with Crippen LogP contribution in [0.4, 0.5) is 0 Å². The van der Waals surface area contributed by atoms with Crippen molar-refractivity contribution in [3.63, 3.8) is 0 Å². The predicted octanol–water partition coefficient (Wildman–Crippen LogP) is 5.92. The third kappa shape index (κ3) is 2.69. The van der Waals surface area contributed by atoms with Crippen LogP contribution in [0.15, 0.2) is 72.8 Å². The van der Waals surface area contributed by atoms with Crippen molar-refractivity contribution in [2.24, 2.45) is 0 Å². The molecule has 0 saturated carbocycles. The Morgan fingerprint density at radius 2 is 1.48 bits per heavy atom. The Morgan fingerprint density at radius 1 is 0.778 bits per heavy atom. The van der Waals surface area contributed by atoms with Gasteiger partial charge in [-0.3, -0.25) is 0 Å². The van der Waals surface area contributed by atoms with E-state index in [2.05, 4.69) is 91.3 Å². The molecular formula is C25H22N2. The minimum absolute atomic E-state index is 0.990. The average Bonchev–Trinajstić information content (AvgIpc) is 3.08. The average molecular weight is 350 g/mol. The molecule has 2 nitrogen and oxygen atoms in total. The molecule has 132 valence electrons. The minimum Gasteiger partial charge on any atom is -0.232 e. The van der Waals surface area contributed by atoms with Gasteiger partial charge in [-0.05, 0) is 62.1 Å². The predicted molar refractivity (Wildman–Crippen MR) is 111 cm³/mol. The van der Waals surface area contributed by atoms with E-state index in [1.54, 1.807) is 0 Å². The zero-order valence-corrected chi connectivity index (χ0v) is 15.7. The molecule has 2 heteroatoms. The Labute approximate surface area is 160 Å². The number of fused-ring (bicyclic) bond motifs is 3. The van der Waals surface area contributed by atoms with E-state index in [1.165, 1.54) is 44.8 Å². The smallest absolute Gasteiger partial charge is 0.0822 e. The second-order valence-corrected chi connectivity index (χ2v) is 7.45. The number of aromatic nitrogens is 2.